The molecule has 0 spiro atoms. The third-order valence-electron chi connectivity index (χ3n) is 4.36. The van der Waals surface area contributed by atoms with Crippen molar-refractivity contribution < 1.29 is 14.1 Å². The number of benzene rings is 1. The summed E-state index contributed by atoms with van der Waals surface area (Å²) in [5, 5.41) is 12.0. The van der Waals surface area contributed by atoms with Gasteiger partial charge in [0.2, 0.25) is 5.91 Å². The van der Waals surface area contributed by atoms with Crippen LogP contribution >= 0.6 is 0 Å². The van der Waals surface area contributed by atoms with Crippen LogP contribution in [-0.4, -0.2) is 50.8 Å². The second-order valence-corrected chi connectivity index (χ2v) is 6.00. The van der Waals surface area contributed by atoms with Gasteiger partial charge in [-0.25, -0.2) is 4.98 Å². The number of hydrogen-bond donors (Lipinski definition) is 1. The van der Waals surface area contributed by atoms with Gasteiger partial charge in [-0.05, 0) is 12.1 Å². The lowest BCUT2D eigenvalue weighted by Gasteiger charge is -2.31. The fourth-order valence-electron chi connectivity index (χ4n) is 2.96. The summed E-state index contributed by atoms with van der Waals surface area (Å²) in [6, 6.07) is 7.55. The number of fused-ring (bicyclic) bond motifs is 1. The maximum Gasteiger partial charge on any atom is 0.228 e. The Morgan fingerprint density at radius 2 is 2.28 bits per heavy atom. The van der Waals surface area contributed by atoms with Crippen molar-refractivity contribution in [3.63, 3.8) is 0 Å². The smallest absolute Gasteiger partial charge is 0.228 e. The van der Waals surface area contributed by atoms with Crippen LogP contribution in [0.1, 0.15) is 30.4 Å². The molecule has 0 saturated carbocycles. The van der Waals surface area contributed by atoms with Crippen molar-refractivity contribution in [2.75, 3.05) is 19.7 Å². The van der Waals surface area contributed by atoms with Crippen molar-refractivity contribution in [3.8, 4) is 0 Å². The third-order valence-corrected chi connectivity index (χ3v) is 4.36. The fourth-order valence-corrected chi connectivity index (χ4v) is 2.96. The SMILES string of the molecule is CCc1nc([C@H]2CN(C(=O)Cc3noc4ccccc34)CCO2)n[nH]1. The van der Waals surface area contributed by atoms with Crippen LogP contribution in [0.4, 0.5) is 0 Å². The number of aryl methyl sites for hydroxylation is 1. The molecule has 1 amide bonds. The molecule has 4 rings (SSSR count). The van der Waals surface area contributed by atoms with Gasteiger partial charge in [0.25, 0.3) is 0 Å². The van der Waals surface area contributed by atoms with E-state index in [1.165, 1.54) is 0 Å². The molecule has 25 heavy (non-hydrogen) atoms. The maximum absolute atomic E-state index is 12.7. The zero-order chi connectivity index (χ0) is 17.2. The molecule has 2 aromatic heterocycles. The highest BCUT2D eigenvalue weighted by Crippen LogP contribution is 2.22. The molecule has 1 N–H and O–H groups in total. The molecular formula is C17H19N5O3. The van der Waals surface area contributed by atoms with E-state index in [1.807, 2.05) is 31.2 Å². The van der Waals surface area contributed by atoms with Gasteiger partial charge in [0.1, 0.15) is 17.6 Å². The normalized spacial score (nSPS) is 18.0. The van der Waals surface area contributed by atoms with Crippen molar-refractivity contribution in [1.82, 2.24) is 25.2 Å². The van der Waals surface area contributed by atoms with Gasteiger partial charge in [0, 0.05) is 18.4 Å². The first-order valence-electron chi connectivity index (χ1n) is 8.38. The summed E-state index contributed by atoms with van der Waals surface area (Å²) in [4.78, 5) is 18.9. The van der Waals surface area contributed by atoms with Crippen molar-refractivity contribution in [3.05, 3.63) is 41.6 Å². The molecule has 8 nitrogen and oxygen atoms in total. The fraction of sp³-hybridized carbons (Fsp3) is 0.412. The molecule has 1 saturated heterocycles. The average Bonchev–Trinajstić information content (AvgIpc) is 3.29. The highest BCUT2D eigenvalue weighted by atomic mass is 16.5. The van der Waals surface area contributed by atoms with Crippen molar-refractivity contribution in [1.29, 1.82) is 0 Å². The Bertz CT molecular complexity index is 887. The number of morpholine rings is 1. The minimum absolute atomic E-state index is 0.00129. The molecule has 1 atom stereocenters. The molecule has 1 fully saturated rings. The predicted molar refractivity (Wildman–Crippen MR) is 88.7 cm³/mol. The number of nitrogens with zero attached hydrogens (tertiary/aromatic N) is 4. The van der Waals surface area contributed by atoms with E-state index < -0.39 is 0 Å². The Kier molecular flexibility index (Phi) is 4.19. The number of amides is 1. The largest absolute Gasteiger partial charge is 0.366 e. The topological polar surface area (TPSA) is 97.1 Å². The number of carbonyl (C=O) groups excluding carboxylic acids is 1. The molecule has 1 aromatic carbocycles. The zero-order valence-corrected chi connectivity index (χ0v) is 13.9. The molecule has 3 aromatic rings. The lowest BCUT2D eigenvalue weighted by molar-refractivity contribution is -0.138. The average molecular weight is 341 g/mol. The summed E-state index contributed by atoms with van der Waals surface area (Å²) in [5.74, 6) is 1.41. The Morgan fingerprint density at radius 3 is 3.12 bits per heavy atom. The number of ether oxygens (including phenoxy) is 1. The first-order chi connectivity index (χ1) is 12.2. The van der Waals surface area contributed by atoms with Crippen molar-refractivity contribution in [2.45, 2.75) is 25.9 Å². The molecule has 1 aliphatic rings. The van der Waals surface area contributed by atoms with Crippen molar-refractivity contribution in [2.24, 2.45) is 0 Å². The van der Waals surface area contributed by atoms with Gasteiger partial charge in [-0.2, -0.15) is 5.10 Å². The van der Waals surface area contributed by atoms with E-state index in [1.54, 1.807) is 4.90 Å². The van der Waals surface area contributed by atoms with Gasteiger partial charge < -0.3 is 14.2 Å². The second-order valence-electron chi connectivity index (χ2n) is 6.00. The van der Waals surface area contributed by atoms with E-state index in [2.05, 4.69) is 20.3 Å². The number of hydrogen-bond acceptors (Lipinski definition) is 6. The van der Waals surface area contributed by atoms with E-state index in [-0.39, 0.29) is 18.4 Å². The van der Waals surface area contributed by atoms with Gasteiger partial charge in [-0.1, -0.05) is 24.2 Å². The van der Waals surface area contributed by atoms with E-state index >= 15 is 0 Å². The first-order valence-corrected chi connectivity index (χ1v) is 8.38. The van der Waals surface area contributed by atoms with E-state index in [0.717, 1.165) is 17.6 Å². The lowest BCUT2D eigenvalue weighted by atomic mass is 10.1. The van der Waals surface area contributed by atoms with Gasteiger partial charge in [-0.15, -0.1) is 0 Å². The Labute approximate surface area is 144 Å². The summed E-state index contributed by atoms with van der Waals surface area (Å²) >= 11 is 0. The summed E-state index contributed by atoms with van der Waals surface area (Å²) < 4.78 is 11.0. The number of H-pyrrole nitrogens is 1. The number of aromatic amines is 1. The molecule has 8 heteroatoms. The lowest BCUT2D eigenvalue weighted by Crippen LogP contribution is -2.43. The number of nitrogens with one attached hydrogen (secondary N) is 1. The van der Waals surface area contributed by atoms with E-state index in [9.17, 15) is 4.79 Å². The molecule has 130 valence electrons. The second kappa shape index (κ2) is 6.64. The minimum Gasteiger partial charge on any atom is -0.366 e. The molecule has 0 bridgehead atoms. The van der Waals surface area contributed by atoms with Crippen LogP contribution in [0, 0.1) is 0 Å². The molecule has 0 unspecified atom stereocenters. The number of rotatable bonds is 4. The summed E-state index contributed by atoms with van der Waals surface area (Å²) in [6.07, 6.45) is 0.683. The van der Waals surface area contributed by atoms with E-state index in [4.69, 9.17) is 9.26 Å². The third kappa shape index (κ3) is 3.12. The molecule has 0 radical (unpaired) electrons. The highest BCUT2D eigenvalue weighted by molar-refractivity contribution is 5.86. The number of aromatic nitrogens is 4. The van der Waals surface area contributed by atoms with Gasteiger partial charge in [0.05, 0.1) is 19.6 Å². The standard InChI is InChI=1S/C17H19N5O3/c1-2-15-18-17(20-19-15)14-10-22(7-8-24-14)16(23)9-12-11-5-3-4-6-13(11)25-21-12/h3-6,14H,2,7-10H2,1H3,(H,18,19,20)/t14-/m1/s1. The summed E-state index contributed by atoms with van der Waals surface area (Å²) in [7, 11) is 0. The Hall–Kier alpha value is -2.74. The minimum atomic E-state index is -0.302. The van der Waals surface area contributed by atoms with Gasteiger partial charge in [0.15, 0.2) is 11.4 Å². The highest BCUT2D eigenvalue weighted by Gasteiger charge is 2.28. The molecule has 1 aliphatic heterocycles. The Morgan fingerprint density at radius 1 is 1.40 bits per heavy atom. The number of para-hydroxylation sites is 1. The van der Waals surface area contributed by atoms with E-state index in [0.29, 0.717) is 36.8 Å². The molecular weight excluding hydrogens is 322 g/mol. The zero-order valence-electron chi connectivity index (χ0n) is 13.9. The predicted octanol–water partition coefficient (Wildman–Crippen LogP) is 1.65. The Balaban J connectivity index is 1.46. The summed E-state index contributed by atoms with van der Waals surface area (Å²) in [5.41, 5.74) is 1.35. The van der Waals surface area contributed by atoms with Crippen molar-refractivity contribution >= 4 is 16.9 Å². The maximum atomic E-state index is 12.7. The van der Waals surface area contributed by atoms with Crippen LogP contribution < -0.4 is 0 Å². The monoisotopic (exact) mass is 341 g/mol. The van der Waals surface area contributed by atoms with Crippen LogP contribution in [0.15, 0.2) is 28.8 Å². The molecule has 3 heterocycles. The van der Waals surface area contributed by atoms with Gasteiger partial charge >= 0.3 is 0 Å². The molecule has 0 aliphatic carbocycles. The quantitative estimate of drug-likeness (QED) is 0.775. The number of carbonyl (C=O) groups is 1. The van der Waals surface area contributed by atoms with Crippen LogP contribution in [0.3, 0.4) is 0 Å². The van der Waals surface area contributed by atoms with Gasteiger partial charge in [-0.3, -0.25) is 9.89 Å². The van der Waals surface area contributed by atoms with Crippen LogP contribution in [0.5, 0.6) is 0 Å². The first kappa shape index (κ1) is 15.8. The summed E-state index contributed by atoms with van der Waals surface area (Å²) in [6.45, 7) is 3.46. The van der Waals surface area contributed by atoms with Crippen LogP contribution in [0.2, 0.25) is 0 Å². The van der Waals surface area contributed by atoms with Crippen LogP contribution in [-0.2, 0) is 22.4 Å². The van der Waals surface area contributed by atoms with Crippen LogP contribution in [0.25, 0.3) is 11.0 Å².